The van der Waals surface area contributed by atoms with Crippen molar-refractivity contribution in [3.63, 3.8) is 0 Å². The van der Waals surface area contributed by atoms with Gasteiger partial charge in [0, 0.05) is 7.05 Å². The van der Waals surface area contributed by atoms with Crippen LogP contribution in [0.1, 0.15) is 6.92 Å². The first-order valence-corrected chi connectivity index (χ1v) is 3.38. The molecular formula is C5H9NOS. The summed E-state index contributed by atoms with van der Waals surface area (Å²) in [6, 6.07) is 0. The first-order valence-electron chi connectivity index (χ1n) is 2.40. The van der Waals surface area contributed by atoms with Crippen LogP contribution in [0.15, 0.2) is 4.99 Å². The van der Waals surface area contributed by atoms with E-state index in [1.165, 1.54) is 11.8 Å². The van der Waals surface area contributed by atoms with E-state index >= 15 is 0 Å². The van der Waals surface area contributed by atoms with Crippen molar-refractivity contribution in [2.75, 3.05) is 12.8 Å². The summed E-state index contributed by atoms with van der Waals surface area (Å²) in [5.74, 6) is 0.908. The van der Waals surface area contributed by atoms with Gasteiger partial charge in [0.2, 0.25) is 0 Å². The number of aliphatic imine (C=N–C) groups is 1. The predicted molar refractivity (Wildman–Crippen MR) is 37.6 cm³/mol. The Hall–Kier alpha value is -0.310. The molecule has 0 N–H and O–H groups in total. The zero-order valence-corrected chi connectivity index (χ0v) is 5.86. The van der Waals surface area contributed by atoms with Crippen LogP contribution in [0.5, 0.6) is 0 Å². The summed E-state index contributed by atoms with van der Waals surface area (Å²) in [6.07, 6.45) is 0.772. The normalized spacial score (nSPS) is 11.5. The molecule has 0 saturated carbocycles. The van der Waals surface area contributed by atoms with Gasteiger partial charge in [-0.15, -0.1) is 11.8 Å². The first-order chi connectivity index (χ1) is 3.85. The quantitative estimate of drug-likeness (QED) is 0.317. The van der Waals surface area contributed by atoms with Crippen LogP contribution in [0, 0.1) is 0 Å². The van der Waals surface area contributed by atoms with Crippen molar-refractivity contribution >= 4 is 23.1 Å². The van der Waals surface area contributed by atoms with Gasteiger partial charge in [-0.2, -0.15) is 0 Å². The van der Waals surface area contributed by atoms with Gasteiger partial charge in [0.25, 0.3) is 0 Å². The summed E-state index contributed by atoms with van der Waals surface area (Å²) in [6.45, 7) is 1.99. The maximum absolute atomic E-state index is 9.97. The van der Waals surface area contributed by atoms with Gasteiger partial charge in [-0.05, 0) is 5.75 Å². The van der Waals surface area contributed by atoms with Crippen LogP contribution in [-0.2, 0) is 4.79 Å². The number of nitrogens with zero attached hydrogens (tertiary/aromatic N) is 1. The molecule has 0 aromatic heterocycles. The number of carbonyl (C=O) groups excluding carboxylic acids is 1. The van der Waals surface area contributed by atoms with Crippen molar-refractivity contribution in [1.29, 1.82) is 0 Å². The Morgan fingerprint density at radius 3 is 2.62 bits per heavy atom. The summed E-state index contributed by atoms with van der Waals surface area (Å²) >= 11 is 1.46. The Labute approximate surface area is 53.4 Å². The van der Waals surface area contributed by atoms with Crippen molar-refractivity contribution in [2.24, 2.45) is 4.99 Å². The van der Waals surface area contributed by atoms with Crippen molar-refractivity contribution in [3.8, 4) is 0 Å². The lowest BCUT2D eigenvalue weighted by atomic mass is 10.8. The van der Waals surface area contributed by atoms with E-state index < -0.39 is 0 Å². The highest BCUT2D eigenvalue weighted by atomic mass is 32.2. The summed E-state index contributed by atoms with van der Waals surface area (Å²) in [4.78, 5) is 13.7. The highest BCUT2D eigenvalue weighted by Gasteiger charge is 1.90. The van der Waals surface area contributed by atoms with E-state index in [4.69, 9.17) is 0 Å². The van der Waals surface area contributed by atoms with Gasteiger partial charge >= 0.3 is 0 Å². The highest BCUT2D eigenvalue weighted by Crippen LogP contribution is 1.98. The summed E-state index contributed by atoms with van der Waals surface area (Å²) in [7, 11) is 1.62. The SMILES string of the molecule is CCS/C(C=O)=N\C. The van der Waals surface area contributed by atoms with E-state index in [1.54, 1.807) is 7.05 Å². The number of hydrogen-bond donors (Lipinski definition) is 0. The second-order valence-electron chi connectivity index (χ2n) is 1.11. The highest BCUT2D eigenvalue weighted by molar-refractivity contribution is 8.15. The Kier molecular flexibility index (Phi) is 4.65. The van der Waals surface area contributed by atoms with Crippen molar-refractivity contribution in [3.05, 3.63) is 0 Å². The zero-order valence-electron chi connectivity index (χ0n) is 5.05. The molecule has 0 radical (unpaired) electrons. The average Bonchev–Trinajstić information content (AvgIpc) is 1.83. The minimum atomic E-state index is 0.576. The molecule has 0 aliphatic heterocycles. The zero-order chi connectivity index (χ0) is 6.41. The predicted octanol–water partition coefficient (Wildman–Crippen LogP) is 0.967. The van der Waals surface area contributed by atoms with Gasteiger partial charge in [0.05, 0.1) is 0 Å². The van der Waals surface area contributed by atoms with E-state index in [0.29, 0.717) is 5.04 Å². The fraction of sp³-hybridized carbons (Fsp3) is 0.600. The molecule has 0 saturated heterocycles. The van der Waals surface area contributed by atoms with Crippen LogP contribution in [0.2, 0.25) is 0 Å². The Bertz CT molecular complexity index is 101. The lowest BCUT2D eigenvalue weighted by molar-refractivity contribution is -0.102. The smallest absolute Gasteiger partial charge is 0.174 e. The van der Waals surface area contributed by atoms with Crippen LogP contribution in [0.25, 0.3) is 0 Å². The third kappa shape index (κ3) is 2.80. The van der Waals surface area contributed by atoms with Gasteiger partial charge in [-0.1, -0.05) is 6.92 Å². The first kappa shape index (κ1) is 7.69. The van der Waals surface area contributed by atoms with Gasteiger partial charge in [0.15, 0.2) is 6.29 Å². The molecule has 3 heteroatoms. The molecule has 8 heavy (non-hydrogen) atoms. The van der Waals surface area contributed by atoms with Crippen LogP contribution in [0.4, 0.5) is 0 Å². The van der Waals surface area contributed by atoms with Gasteiger partial charge in [-0.25, -0.2) is 0 Å². The number of aldehydes is 1. The van der Waals surface area contributed by atoms with E-state index in [0.717, 1.165) is 12.0 Å². The van der Waals surface area contributed by atoms with Crippen molar-refractivity contribution in [2.45, 2.75) is 6.92 Å². The second kappa shape index (κ2) is 4.84. The summed E-state index contributed by atoms with van der Waals surface area (Å²) in [5, 5.41) is 0.576. The molecule has 2 nitrogen and oxygen atoms in total. The fourth-order valence-electron chi connectivity index (χ4n) is 0.299. The van der Waals surface area contributed by atoms with Crippen LogP contribution in [0.3, 0.4) is 0 Å². The summed E-state index contributed by atoms with van der Waals surface area (Å²) in [5.41, 5.74) is 0. The third-order valence-corrected chi connectivity index (χ3v) is 1.48. The topological polar surface area (TPSA) is 29.4 Å². The van der Waals surface area contributed by atoms with Crippen molar-refractivity contribution in [1.82, 2.24) is 0 Å². The van der Waals surface area contributed by atoms with Crippen LogP contribution in [-0.4, -0.2) is 24.1 Å². The Morgan fingerprint density at radius 1 is 1.88 bits per heavy atom. The molecule has 46 valence electrons. The van der Waals surface area contributed by atoms with E-state index in [-0.39, 0.29) is 0 Å². The molecule has 0 aromatic rings. The number of carbonyl (C=O) groups is 1. The maximum Gasteiger partial charge on any atom is 0.174 e. The number of thioether (sulfide) groups is 1. The Morgan fingerprint density at radius 2 is 2.50 bits per heavy atom. The van der Waals surface area contributed by atoms with E-state index in [1.807, 2.05) is 6.92 Å². The molecule has 0 bridgehead atoms. The number of rotatable bonds is 2. The lowest BCUT2D eigenvalue weighted by Gasteiger charge is -1.88. The van der Waals surface area contributed by atoms with Crippen molar-refractivity contribution < 1.29 is 4.79 Å². The molecule has 0 fully saturated rings. The molecule has 0 aliphatic rings. The molecule has 0 aromatic carbocycles. The second-order valence-corrected chi connectivity index (χ2v) is 2.40. The third-order valence-electron chi connectivity index (χ3n) is 0.613. The van der Waals surface area contributed by atoms with Gasteiger partial charge < -0.3 is 0 Å². The maximum atomic E-state index is 9.97. The fourth-order valence-corrected chi connectivity index (χ4v) is 0.792. The molecule has 0 rings (SSSR count). The molecule has 0 heterocycles. The van der Waals surface area contributed by atoms with Crippen LogP contribution < -0.4 is 0 Å². The van der Waals surface area contributed by atoms with Crippen LogP contribution >= 0.6 is 11.8 Å². The van der Waals surface area contributed by atoms with Gasteiger partial charge in [-0.3, -0.25) is 9.79 Å². The Balaban J connectivity index is 3.54. The molecule has 0 unspecified atom stereocenters. The molecule has 0 atom stereocenters. The number of hydrogen-bond acceptors (Lipinski definition) is 3. The standard InChI is InChI=1S/C5H9NOS/c1-3-8-5(4-7)6-2/h4H,3H2,1-2H3/b6-5-. The lowest BCUT2D eigenvalue weighted by Crippen LogP contribution is -1.92. The average molecular weight is 131 g/mol. The molecular weight excluding hydrogens is 122 g/mol. The summed E-state index contributed by atoms with van der Waals surface area (Å²) < 4.78 is 0. The molecule has 0 aliphatic carbocycles. The molecule has 0 spiro atoms. The molecule has 0 amide bonds. The van der Waals surface area contributed by atoms with E-state index in [2.05, 4.69) is 4.99 Å². The van der Waals surface area contributed by atoms with Gasteiger partial charge in [0.1, 0.15) is 5.04 Å². The largest absolute Gasteiger partial charge is 0.296 e. The minimum Gasteiger partial charge on any atom is -0.296 e. The van der Waals surface area contributed by atoms with E-state index in [9.17, 15) is 4.79 Å². The monoisotopic (exact) mass is 131 g/mol. The minimum absolute atomic E-state index is 0.576.